The normalized spacial score (nSPS) is 18.5. The Morgan fingerprint density at radius 3 is 2.43 bits per heavy atom. The zero-order chi connectivity index (χ0) is 29.7. The molecule has 0 aliphatic carbocycles. The molecular formula is C34H43N3O5. The van der Waals surface area contributed by atoms with E-state index in [0.717, 1.165) is 49.0 Å². The van der Waals surface area contributed by atoms with E-state index in [0.29, 0.717) is 25.1 Å². The highest BCUT2D eigenvalue weighted by Gasteiger charge is 2.33. The smallest absolute Gasteiger partial charge is 0.224 e. The Labute approximate surface area is 249 Å². The van der Waals surface area contributed by atoms with Gasteiger partial charge in [-0.1, -0.05) is 73.2 Å². The molecule has 3 aromatic rings. The second-order valence-electron chi connectivity index (χ2n) is 11.0. The van der Waals surface area contributed by atoms with Crippen LogP contribution in [0.25, 0.3) is 0 Å². The number of nitrogens with zero attached hydrogens (tertiary/aromatic N) is 1. The maximum atomic E-state index is 12.6. The molecule has 2 amide bonds. The number of unbranched alkanes of at least 4 members (excludes halogenated alkanes) is 2. The number of anilines is 1. The van der Waals surface area contributed by atoms with Crippen LogP contribution in [0.15, 0.2) is 78.9 Å². The number of benzene rings is 3. The first-order valence-corrected chi connectivity index (χ1v) is 14.8. The van der Waals surface area contributed by atoms with Crippen LogP contribution >= 0.6 is 0 Å². The van der Waals surface area contributed by atoms with Crippen molar-refractivity contribution in [3.63, 3.8) is 0 Å². The summed E-state index contributed by atoms with van der Waals surface area (Å²) in [5, 5.41) is 15.3. The second-order valence-corrected chi connectivity index (χ2v) is 11.0. The standard InChI is InChI=1S/C34H43N3O5/c1-25(39)35-19-8-4-7-14-33(40)36-30-13-9-12-29(20-30)34-41-31(23-37(2)22-26-10-5-3-6-11-26)21-32(42-34)28-17-15-27(24-38)16-18-28/h3,5-6,9-13,15-18,20,31-32,34,38H,4,7-8,14,19,21-24H2,1-2H3,(H,35,39)(H,36,40)/t31-,32+,34+/m0/s1. The number of nitrogens with one attached hydrogen (secondary N) is 2. The molecule has 4 rings (SSSR count). The van der Waals surface area contributed by atoms with Crippen molar-refractivity contribution in [2.75, 3.05) is 25.5 Å². The van der Waals surface area contributed by atoms with Gasteiger partial charge >= 0.3 is 0 Å². The topological polar surface area (TPSA) is 100 Å². The predicted octanol–water partition coefficient (Wildman–Crippen LogP) is 5.49. The van der Waals surface area contributed by atoms with Crippen molar-refractivity contribution in [1.82, 2.24) is 10.2 Å². The molecule has 0 radical (unpaired) electrons. The number of aliphatic hydroxyl groups excluding tert-OH is 1. The first-order chi connectivity index (χ1) is 20.4. The van der Waals surface area contributed by atoms with Gasteiger partial charge in [0.25, 0.3) is 0 Å². The van der Waals surface area contributed by atoms with Crippen LogP contribution in [0, 0.1) is 0 Å². The Bertz CT molecular complexity index is 1270. The summed E-state index contributed by atoms with van der Waals surface area (Å²) in [5.41, 5.74) is 4.69. The van der Waals surface area contributed by atoms with Gasteiger partial charge in [0.1, 0.15) is 0 Å². The Morgan fingerprint density at radius 1 is 0.905 bits per heavy atom. The summed E-state index contributed by atoms with van der Waals surface area (Å²) in [5.74, 6) is -0.0746. The Hall–Kier alpha value is -3.56. The lowest BCUT2D eigenvalue weighted by Crippen LogP contribution is -2.37. The van der Waals surface area contributed by atoms with Crippen molar-refractivity contribution < 1.29 is 24.2 Å². The molecule has 8 heteroatoms. The van der Waals surface area contributed by atoms with E-state index < -0.39 is 6.29 Å². The molecule has 3 N–H and O–H groups in total. The molecule has 42 heavy (non-hydrogen) atoms. The van der Waals surface area contributed by atoms with Gasteiger partial charge in [-0.2, -0.15) is 0 Å². The molecule has 0 unspecified atom stereocenters. The molecule has 1 heterocycles. The lowest BCUT2D eigenvalue weighted by Gasteiger charge is -2.38. The average Bonchev–Trinajstić information content (AvgIpc) is 2.99. The molecule has 0 bridgehead atoms. The van der Waals surface area contributed by atoms with Gasteiger partial charge in [0.2, 0.25) is 11.8 Å². The van der Waals surface area contributed by atoms with E-state index in [1.165, 1.54) is 12.5 Å². The van der Waals surface area contributed by atoms with Crippen molar-refractivity contribution in [2.24, 2.45) is 0 Å². The maximum absolute atomic E-state index is 12.6. The molecule has 0 saturated carbocycles. The number of carbonyl (C=O) groups is 2. The molecule has 0 spiro atoms. The van der Waals surface area contributed by atoms with Gasteiger partial charge in [0.15, 0.2) is 6.29 Å². The summed E-state index contributed by atoms with van der Waals surface area (Å²) < 4.78 is 13.0. The SMILES string of the molecule is CC(=O)NCCCCCC(=O)Nc1cccc([C@@H]2O[C@H](CN(C)Cc3ccccc3)C[C@H](c3ccc(CO)cc3)O2)c1. The van der Waals surface area contributed by atoms with Gasteiger partial charge < -0.3 is 25.2 Å². The van der Waals surface area contributed by atoms with Gasteiger partial charge in [-0.25, -0.2) is 0 Å². The molecule has 1 saturated heterocycles. The molecule has 1 aliphatic rings. The van der Waals surface area contributed by atoms with Crippen molar-refractivity contribution in [3.05, 3.63) is 101 Å². The zero-order valence-electron chi connectivity index (χ0n) is 24.6. The van der Waals surface area contributed by atoms with E-state index in [4.69, 9.17) is 9.47 Å². The summed E-state index contributed by atoms with van der Waals surface area (Å²) in [6, 6.07) is 25.9. The van der Waals surface area contributed by atoms with Crippen LogP contribution in [-0.4, -0.2) is 48.1 Å². The first kappa shape index (κ1) is 31.4. The second kappa shape index (κ2) is 16.2. The molecule has 8 nitrogen and oxygen atoms in total. The highest BCUT2D eigenvalue weighted by molar-refractivity contribution is 5.90. The Morgan fingerprint density at radius 2 is 1.69 bits per heavy atom. The summed E-state index contributed by atoms with van der Waals surface area (Å²) in [7, 11) is 2.10. The first-order valence-electron chi connectivity index (χ1n) is 14.8. The predicted molar refractivity (Wildman–Crippen MR) is 163 cm³/mol. The fourth-order valence-electron chi connectivity index (χ4n) is 5.18. The van der Waals surface area contributed by atoms with Gasteiger partial charge in [-0.15, -0.1) is 0 Å². The van der Waals surface area contributed by atoms with E-state index >= 15 is 0 Å². The largest absolute Gasteiger partial charge is 0.392 e. The number of ether oxygens (including phenoxy) is 2. The zero-order valence-corrected chi connectivity index (χ0v) is 24.6. The lowest BCUT2D eigenvalue weighted by atomic mass is 9.99. The number of likely N-dealkylation sites (N-methyl/N-ethyl adjacent to an activating group) is 1. The van der Waals surface area contributed by atoms with Gasteiger partial charge in [-0.05, 0) is 48.7 Å². The highest BCUT2D eigenvalue weighted by Crippen LogP contribution is 2.38. The van der Waals surface area contributed by atoms with Crippen LogP contribution in [0.1, 0.15) is 73.7 Å². The molecular weight excluding hydrogens is 530 g/mol. The van der Waals surface area contributed by atoms with Crippen molar-refractivity contribution in [2.45, 2.75) is 70.7 Å². The van der Waals surface area contributed by atoms with Crippen molar-refractivity contribution >= 4 is 17.5 Å². The number of hydrogen-bond acceptors (Lipinski definition) is 6. The fraction of sp³-hybridized carbons (Fsp3) is 0.412. The molecule has 0 aromatic heterocycles. The monoisotopic (exact) mass is 573 g/mol. The van der Waals surface area contributed by atoms with Crippen LogP contribution in [0.5, 0.6) is 0 Å². The summed E-state index contributed by atoms with van der Waals surface area (Å²) in [4.78, 5) is 25.8. The van der Waals surface area contributed by atoms with Crippen LogP contribution < -0.4 is 10.6 Å². The minimum atomic E-state index is -0.595. The molecule has 1 aliphatic heterocycles. The summed E-state index contributed by atoms with van der Waals surface area (Å²) in [6.07, 6.45) is 2.76. The van der Waals surface area contributed by atoms with Gasteiger partial charge in [0.05, 0.1) is 18.8 Å². The van der Waals surface area contributed by atoms with Crippen LogP contribution in [0.4, 0.5) is 5.69 Å². The van der Waals surface area contributed by atoms with Crippen molar-refractivity contribution in [3.8, 4) is 0 Å². The molecule has 3 atom stereocenters. The van der Waals surface area contributed by atoms with E-state index in [2.05, 4.69) is 46.8 Å². The molecule has 224 valence electrons. The number of hydrogen-bond donors (Lipinski definition) is 3. The quantitative estimate of drug-likeness (QED) is 0.221. The van der Waals surface area contributed by atoms with Crippen LogP contribution in [-0.2, 0) is 32.2 Å². The van der Waals surface area contributed by atoms with E-state index in [-0.39, 0.29) is 30.6 Å². The van der Waals surface area contributed by atoms with Crippen LogP contribution in [0.3, 0.4) is 0 Å². The summed E-state index contributed by atoms with van der Waals surface area (Å²) in [6.45, 7) is 3.69. The Balaban J connectivity index is 1.40. The average molecular weight is 574 g/mol. The van der Waals surface area contributed by atoms with Gasteiger partial charge in [-0.3, -0.25) is 14.5 Å². The molecule has 1 fully saturated rings. The lowest BCUT2D eigenvalue weighted by molar-refractivity contribution is -0.252. The third kappa shape index (κ3) is 10.1. The minimum absolute atomic E-state index is 0.0000312. The number of rotatable bonds is 14. The summed E-state index contributed by atoms with van der Waals surface area (Å²) >= 11 is 0. The number of amides is 2. The third-order valence-electron chi connectivity index (χ3n) is 7.32. The number of aliphatic hydroxyl groups is 1. The number of carbonyl (C=O) groups excluding carboxylic acids is 2. The van der Waals surface area contributed by atoms with E-state index in [9.17, 15) is 14.7 Å². The Kier molecular flexibility index (Phi) is 12.1. The highest BCUT2D eigenvalue weighted by atomic mass is 16.7. The van der Waals surface area contributed by atoms with Crippen LogP contribution in [0.2, 0.25) is 0 Å². The van der Waals surface area contributed by atoms with E-state index in [1.807, 2.05) is 54.6 Å². The fourth-order valence-corrected chi connectivity index (χ4v) is 5.18. The van der Waals surface area contributed by atoms with E-state index in [1.54, 1.807) is 0 Å². The third-order valence-corrected chi connectivity index (χ3v) is 7.32. The molecule has 3 aromatic carbocycles. The van der Waals surface area contributed by atoms with Crippen molar-refractivity contribution in [1.29, 1.82) is 0 Å². The maximum Gasteiger partial charge on any atom is 0.224 e. The van der Waals surface area contributed by atoms with Gasteiger partial charge in [0, 0.05) is 50.7 Å². The minimum Gasteiger partial charge on any atom is -0.392 e.